The number of carbonyl (C=O) groups excluding carboxylic acids is 1. The molecule has 126 valence electrons. The average molecular weight is 343 g/mol. The van der Waals surface area contributed by atoms with Crippen LogP contribution in [-0.2, 0) is 0 Å². The van der Waals surface area contributed by atoms with E-state index in [1.165, 1.54) is 0 Å². The number of benzene rings is 1. The summed E-state index contributed by atoms with van der Waals surface area (Å²) in [7, 11) is 0. The molecule has 0 spiro atoms. The number of aromatic nitrogens is 2. The van der Waals surface area contributed by atoms with Gasteiger partial charge in [0.1, 0.15) is 6.10 Å². The molecule has 5 nitrogen and oxygen atoms in total. The Morgan fingerprint density at radius 2 is 2.21 bits per heavy atom. The Hall–Kier alpha value is -2.08. The number of ether oxygens (including phenoxy) is 1. The molecule has 0 N–H and O–H groups in total. The van der Waals surface area contributed by atoms with Gasteiger partial charge in [-0.05, 0) is 36.8 Å². The second kappa shape index (κ2) is 8.15. The van der Waals surface area contributed by atoms with Crippen molar-refractivity contribution in [3.8, 4) is 5.88 Å². The highest BCUT2D eigenvalue weighted by molar-refractivity contribution is 7.99. The molecular formula is C18H21N3O2S. The van der Waals surface area contributed by atoms with Gasteiger partial charge >= 0.3 is 0 Å². The van der Waals surface area contributed by atoms with E-state index in [-0.39, 0.29) is 12.0 Å². The fourth-order valence-corrected chi connectivity index (χ4v) is 3.63. The van der Waals surface area contributed by atoms with Gasteiger partial charge in [0.05, 0.1) is 12.1 Å². The van der Waals surface area contributed by atoms with E-state index in [0.717, 1.165) is 35.6 Å². The molecule has 6 heteroatoms. The third-order valence-corrected chi connectivity index (χ3v) is 4.87. The maximum atomic E-state index is 12.9. The first-order valence-electron chi connectivity index (χ1n) is 8.23. The smallest absolute Gasteiger partial charge is 0.255 e. The molecule has 1 aliphatic rings. The van der Waals surface area contributed by atoms with Gasteiger partial charge in [-0.25, -0.2) is 0 Å². The normalized spacial score (nSPS) is 17.5. The van der Waals surface area contributed by atoms with Crippen LogP contribution in [0.1, 0.15) is 30.1 Å². The molecule has 1 atom stereocenters. The van der Waals surface area contributed by atoms with Gasteiger partial charge in [0.2, 0.25) is 5.88 Å². The number of hydrogen-bond acceptors (Lipinski definition) is 5. The van der Waals surface area contributed by atoms with Crippen molar-refractivity contribution in [1.29, 1.82) is 0 Å². The molecule has 24 heavy (non-hydrogen) atoms. The Labute approximate surface area is 146 Å². The minimum atomic E-state index is -0.0367. The van der Waals surface area contributed by atoms with E-state index in [9.17, 15) is 4.79 Å². The van der Waals surface area contributed by atoms with Crippen molar-refractivity contribution in [1.82, 2.24) is 15.1 Å². The van der Waals surface area contributed by atoms with Gasteiger partial charge in [-0.2, -0.15) is 5.10 Å². The van der Waals surface area contributed by atoms with E-state index in [1.807, 2.05) is 29.2 Å². The zero-order valence-electron chi connectivity index (χ0n) is 13.7. The summed E-state index contributed by atoms with van der Waals surface area (Å²) in [4.78, 5) is 15.9. The molecule has 0 bridgehead atoms. The van der Waals surface area contributed by atoms with Crippen LogP contribution in [-0.4, -0.2) is 46.0 Å². The Kier molecular flexibility index (Phi) is 5.69. The summed E-state index contributed by atoms with van der Waals surface area (Å²) in [6, 6.07) is 11.4. The highest BCUT2D eigenvalue weighted by Gasteiger charge is 2.27. The monoisotopic (exact) mass is 343 g/mol. The highest BCUT2D eigenvalue weighted by atomic mass is 32.2. The summed E-state index contributed by atoms with van der Waals surface area (Å²) in [5.41, 5.74) is 0.782. The van der Waals surface area contributed by atoms with Gasteiger partial charge in [0.15, 0.2) is 0 Å². The lowest BCUT2D eigenvalue weighted by molar-refractivity contribution is 0.0522. The van der Waals surface area contributed by atoms with Crippen LogP contribution < -0.4 is 4.74 Å². The number of rotatable bonds is 5. The molecule has 0 aliphatic carbocycles. The second-order valence-electron chi connectivity index (χ2n) is 5.62. The third kappa shape index (κ3) is 4.06. The minimum absolute atomic E-state index is 0.0367. The second-order valence-corrected chi connectivity index (χ2v) is 6.93. The quantitative estimate of drug-likeness (QED) is 0.780. The van der Waals surface area contributed by atoms with Gasteiger partial charge in [0.25, 0.3) is 5.91 Å². The Balaban J connectivity index is 1.69. The van der Waals surface area contributed by atoms with Crippen LogP contribution >= 0.6 is 11.8 Å². The molecular weight excluding hydrogens is 322 g/mol. The van der Waals surface area contributed by atoms with Gasteiger partial charge in [-0.15, -0.1) is 16.9 Å². The summed E-state index contributed by atoms with van der Waals surface area (Å²) in [6.07, 6.45) is 3.43. The predicted molar refractivity (Wildman–Crippen MR) is 94.4 cm³/mol. The summed E-state index contributed by atoms with van der Waals surface area (Å²) >= 11 is 1.70. The van der Waals surface area contributed by atoms with Crippen LogP contribution in [0.3, 0.4) is 0 Å². The zero-order chi connectivity index (χ0) is 16.8. The van der Waals surface area contributed by atoms with E-state index in [0.29, 0.717) is 12.4 Å². The first-order valence-corrected chi connectivity index (χ1v) is 9.22. The van der Waals surface area contributed by atoms with Gasteiger partial charge in [-0.1, -0.05) is 19.1 Å². The molecule has 2 heterocycles. The summed E-state index contributed by atoms with van der Waals surface area (Å²) < 4.78 is 5.88. The molecule has 1 aromatic carbocycles. The Morgan fingerprint density at radius 1 is 1.33 bits per heavy atom. The number of carbonyl (C=O) groups is 1. The minimum Gasteiger partial charge on any atom is -0.471 e. The molecule has 1 unspecified atom stereocenters. The van der Waals surface area contributed by atoms with Crippen LogP contribution in [0, 0.1) is 0 Å². The van der Waals surface area contributed by atoms with Crippen molar-refractivity contribution in [2.75, 3.05) is 18.8 Å². The number of nitrogens with zero attached hydrogens (tertiary/aromatic N) is 3. The van der Waals surface area contributed by atoms with Gasteiger partial charge < -0.3 is 9.64 Å². The van der Waals surface area contributed by atoms with E-state index in [1.54, 1.807) is 30.1 Å². The van der Waals surface area contributed by atoms with Gasteiger partial charge in [0, 0.05) is 23.7 Å². The van der Waals surface area contributed by atoms with E-state index >= 15 is 0 Å². The van der Waals surface area contributed by atoms with E-state index in [4.69, 9.17) is 4.74 Å². The van der Waals surface area contributed by atoms with Crippen molar-refractivity contribution in [2.24, 2.45) is 0 Å². The average Bonchev–Trinajstić information content (AvgIpc) is 2.63. The highest BCUT2D eigenvalue weighted by Crippen LogP contribution is 2.25. The number of hydrogen-bond donors (Lipinski definition) is 0. The molecule has 1 amide bonds. The Morgan fingerprint density at radius 3 is 3.00 bits per heavy atom. The fourth-order valence-electron chi connectivity index (χ4n) is 2.83. The number of thioether (sulfide) groups is 1. The summed E-state index contributed by atoms with van der Waals surface area (Å²) in [6.45, 7) is 3.45. The molecule has 0 radical (unpaired) electrons. The first-order chi connectivity index (χ1) is 11.8. The van der Waals surface area contributed by atoms with Crippen LogP contribution in [0.4, 0.5) is 0 Å². The SMILES string of the molecule is CCSc1ccccc1C(=O)N1CCCC(Oc2cccnn2)C1. The van der Waals surface area contributed by atoms with Crippen molar-refractivity contribution in [2.45, 2.75) is 30.8 Å². The molecule has 0 saturated carbocycles. The van der Waals surface area contributed by atoms with Crippen molar-refractivity contribution in [3.63, 3.8) is 0 Å². The third-order valence-electron chi connectivity index (χ3n) is 3.92. The Bertz CT molecular complexity index is 681. The lowest BCUT2D eigenvalue weighted by Crippen LogP contribution is -2.44. The molecule has 1 saturated heterocycles. The molecule has 1 aliphatic heterocycles. The lowest BCUT2D eigenvalue weighted by Gasteiger charge is -2.33. The fraction of sp³-hybridized carbons (Fsp3) is 0.389. The van der Waals surface area contributed by atoms with Crippen LogP contribution in [0.15, 0.2) is 47.5 Å². The maximum absolute atomic E-state index is 12.9. The maximum Gasteiger partial charge on any atom is 0.255 e. The van der Waals surface area contributed by atoms with Crippen molar-refractivity contribution < 1.29 is 9.53 Å². The number of piperidine rings is 1. The van der Waals surface area contributed by atoms with Crippen molar-refractivity contribution >= 4 is 17.7 Å². The van der Waals surface area contributed by atoms with E-state index in [2.05, 4.69) is 17.1 Å². The molecule has 3 rings (SSSR count). The van der Waals surface area contributed by atoms with Gasteiger partial charge in [-0.3, -0.25) is 4.79 Å². The van der Waals surface area contributed by atoms with Crippen molar-refractivity contribution in [3.05, 3.63) is 48.2 Å². The first kappa shape index (κ1) is 16.8. The lowest BCUT2D eigenvalue weighted by atomic mass is 10.1. The number of likely N-dealkylation sites (tertiary alicyclic amines) is 1. The van der Waals surface area contributed by atoms with Crippen LogP contribution in [0.25, 0.3) is 0 Å². The standard InChI is InChI=1S/C18H21N3O2S/c1-2-24-16-9-4-3-8-15(16)18(22)21-12-6-7-14(13-21)23-17-10-5-11-19-20-17/h3-5,8-11,14H,2,6-7,12-13H2,1H3. The van der Waals surface area contributed by atoms with Crippen LogP contribution in [0.2, 0.25) is 0 Å². The largest absolute Gasteiger partial charge is 0.471 e. The zero-order valence-corrected chi connectivity index (χ0v) is 14.5. The molecule has 2 aromatic rings. The molecule has 1 aromatic heterocycles. The topological polar surface area (TPSA) is 55.3 Å². The summed E-state index contributed by atoms with van der Waals surface area (Å²) in [5, 5.41) is 7.79. The molecule has 1 fully saturated rings. The van der Waals surface area contributed by atoms with Crippen LogP contribution in [0.5, 0.6) is 5.88 Å². The summed E-state index contributed by atoms with van der Waals surface area (Å²) in [5.74, 6) is 1.54. The predicted octanol–water partition coefficient (Wildman–Crippen LogP) is 3.27. The number of amides is 1. The van der Waals surface area contributed by atoms with E-state index < -0.39 is 0 Å².